The van der Waals surface area contributed by atoms with Gasteiger partial charge in [0.1, 0.15) is 0 Å². The first-order valence-corrected chi connectivity index (χ1v) is 9.34. The highest BCUT2D eigenvalue weighted by atomic mass is 31.2. The minimum Gasteiger partial charge on any atom is -0.0807 e. The summed E-state index contributed by atoms with van der Waals surface area (Å²) >= 11 is 0. The Balaban J connectivity index is 1.90. The monoisotopic (exact) mass is 287 g/mol. The van der Waals surface area contributed by atoms with Gasteiger partial charge in [-0.1, -0.05) is 48.6 Å². The van der Waals surface area contributed by atoms with Gasteiger partial charge in [0.2, 0.25) is 0 Å². The molecule has 0 saturated heterocycles. The fraction of sp³-hybridized carbons (Fsp3) is 0.158. The van der Waals surface area contributed by atoms with Gasteiger partial charge in [0.25, 0.3) is 0 Å². The fourth-order valence-corrected chi connectivity index (χ4v) is 6.89. The molecule has 2 aromatic rings. The van der Waals surface area contributed by atoms with E-state index in [2.05, 4.69) is 78.9 Å². The second kappa shape index (κ2) is 5.00. The minimum absolute atomic E-state index is 0.536. The Morgan fingerprint density at radius 1 is 0.810 bits per heavy atom. The fourth-order valence-electron chi connectivity index (χ4n) is 3.57. The molecule has 2 aromatic carbocycles. The van der Waals surface area contributed by atoms with Crippen LogP contribution in [0.15, 0.2) is 84.2 Å². The van der Waals surface area contributed by atoms with E-state index in [-0.39, 0.29) is 0 Å². The van der Waals surface area contributed by atoms with Gasteiger partial charge in [-0.3, -0.25) is 0 Å². The maximum absolute atomic E-state index is 7.14. The van der Waals surface area contributed by atoms with Crippen LogP contribution in [0, 0.1) is 11.8 Å². The molecular formula is C19H17BP+. The Morgan fingerprint density at radius 3 is 1.81 bits per heavy atom. The lowest BCUT2D eigenvalue weighted by Gasteiger charge is -2.27. The molecule has 2 atom stereocenters. The van der Waals surface area contributed by atoms with Crippen LogP contribution in [0.1, 0.15) is 6.42 Å². The smallest absolute Gasteiger partial charge is 0.0807 e. The molecule has 4 rings (SSSR count). The van der Waals surface area contributed by atoms with Crippen LogP contribution in [0.5, 0.6) is 0 Å². The van der Waals surface area contributed by atoms with Gasteiger partial charge in [0.15, 0.2) is 0 Å². The average molecular weight is 287 g/mol. The molecule has 0 nitrogen and oxygen atoms in total. The molecule has 2 unspecified atom stereocenters. The van der Waals surface area contributed by atoms with Crippen LogP contribution in [0.4, 0.5) is 0 Å². The zero-order chi connectivity index (χ0) is 14.3. The molecule has 21 heavy (non-hydrogen) atoms. The van der Waals surface area contributed by atoms with Gasteiger partial charge in [-0.25, -0.2) is 0 Å². The van der Waals surface area contributed by atoms with Crippen molar-refractivity contribution < 1.29 is 0 Å². The van der Waals surface area contributed by atoms with Crippen LogP contribution >= 0.6 is 7.14 Å². The number of hydrogen-bond acceptors (Lipinski definition) is 0. The topological polar surface area (TPSA) is 0 Å². The van der Waals surface area contributed by atoms with Crippen LogP contribution < -0.4 is 10.6 Å². The van der Waals surface area contributed by atoms with Crippen molar-refractivity contribution in [3.05, 3.63) is 84.2 Å². The minimum atomic E-state index is -1.95. The Bertz CT molecular complexity index is 663. The maximum Gasteiger partial charge on any atom is 0.383 e. The number of fused-ring (bicyclic) bond motifs is 2. The molecule has 2 radical (unpaired) electrons. The molecule has 0 aliphatic heterocycles. The Labute approximate surface area is 128 Å². The molecule has 0 heterocycles. The van der Waals surface area contributed by atoms with E-state index in [0.717, 1.165) is 0 Å². The van der Waals surface area contributed by atoms with Crippen molar-refractivity contribution in [2.24, 2.45) is 11.8 Å². The molecule has 0 aromatic heterocycles. The summed E-state index contributed by atoms with van der Waals surface area (Å²) in [6, 6.07) is 21.3. The van der Waals surface area contributed by atoms with Crippen LogP contribution in [-0.4, -0.2) is 7.57 Å². The first kappa shape index (κ1) is 13.1. The molecule has 2 heteroatoms. The highest BCUT2D eigenvalue weighted by Crippen LogP contribution is 2.66. The predicted octanol–water partition coefficient (Wildman–Crippen LogP) is 3.83. The zero-order valence-electron chi connectivity index (χ0n) is 11.9. The van der Waals surface area contributed by atoms with Crippen molar-refractivity contribution in [2.45, 2.75) is 6.42 Å². The molecule has 2 aliphatic rings. The van der Waals surface area contributed by atoms with E-state index < -0.39 is 7.14 Å². The van der Waals surface area contributed by atoms with E-state index in [1.807, 2.05) is 0 Å². The van der Waals surface area contributed by atoms with E-state index in [4.69, 9.17) is 7.57 Å². The molecule has 0 saturated carbocycles. The third kappa shape index (κ3) is 2.03. The number of hydrogen-bond donors (Lipinski definition) is 0. The second-order valence-corrected chi connectivity index (χ2v) is 8.87. The van der Waals surface area contributed by atoms with Crippen LogP contribution in [0.3, 0.4) is 0 Å². The third-order valence-electron chi connectivity index (χ3n) is 4.62. The average Bonchev–Trinajstić information content (AvgIpc) is 3.19. The van der Waals surface area contributed by atoms with Crippen molar-refractivity contribution in [3.8, 4) is 0 Å². The van der Waals surface area contributed by atoms with E-state index in [1.54, 1.807) is 0 Å². The summed E-state index contributed by atoms with van der Waals surface area (Å²) in [5, 5.41) is 4.03. The van der Waals surface area contributed by atoms with Crippen molar-refractivity contribution >= 4 is 25.3 Å². The summed E-state index contributed by atoms with van der Waals surface area (Å²) in [7, 11) is 5.19. The lowest BCUT2D eigenvalue weighted by atomic mass is 10.2. The van der Waals surface area contributed by atoms with Gasteiger partial charge in [0.05, 0.1) is 23.1 Å². The van der Waals surface area contributed by atoms with E-state index in [0.29, 0.717) is 11.8 Å². The van der Waals surface area contributed by atoms with Crippen molar-refractivity contribution in [1.82, 2.24) is 0 Å². The molecule has 0 amide bonds. The van der Waals surface area contributed by atoms with Crippen molar-refractivity contribution in [1.29, 1.82) is 0 Å². The summed E-state index contributed by atoms with van der Waals surface area (Å²) in [4.78, 5) is 0. The van der Waals surface area contributed by atoms with E-state index in [9.17, 15) is 0 Å². The standard InChI is InChI=1S/C19H17BP/c20-21(17-7-3-1-4-8-17,18-9-5-2-6-10-18)19-14-15-11-12-16(19)13-15/h1-12,14-16H,13H2/q+1. The van der Waals surface area contributed by atoms with Crippen LogP contribution in [0.2, 0.25) is 0 Å². The van der Waals surface area contributed by atoms with Gasteiger partial charge in [-0.15, -0.1) is 0 Å². The number of benzene rings is 2. The third-order valence-corrected chi connectivity index (χ3v) is 8.14. The molecule has 0 N–H and O–H groups in total. The lowest BCUT2D eigenvalue weighted by Crippen LogP contribution is -2.25. The number of rotatable bonds is 3. The van der Waals surface area contributed by atoms with Gasteiger partial charge >= 0.3 is 7.57 Å². The Hall–Kier alpha value is -1.59. The lowest BCUT2D eigenvalue weighted by molar-refractivity contribution is 0.727. The quantitative estimate of drug-likeness (QED) is 0.457. The second-order valence-electron chi connectivity index (χ2n) is 5.88. The highest BCUT2D eigenvalue weighted by Gasteiger charge is 2.48. The molecule has 0 spiro atoms. The number of allylic oxidation sites excluding steroid dienone is 4. The molecule has 2 bridgehead atoms. The van der Waals surface area contributed by atoms with Gasteiger partial charge < -0.3 is 0 Å². The van der Waals surface area contributed by atoms with Crippen molar-refractivity contribution in [2.75, 3.05) is 0 Å². The summed E-state index contributed by atoms with van der Waals surface area (Å²) in [6.45, 7) is 0. The molecule has 100 valence electrons. The normalized spacial score (nSPS) is 23.3. The predicted molar refractivity (Wildman–Crippen MR) is 93.6 cm³/mol. The van der Waals surface area contributed by atoms with E-state index >= 15 is 0 Å². The highest BCUT2D eigenvalue weighted by molar-refractivity contribution is 8.11. The zero-order valence-corrected chi connectivity index (χ0v) is 12.8. The van der Waals surface area contributed by atoms with Crippen LogP contribution in [-0.2, 0) is 0 Å². The molecular weight excluding hydrogens is 270 g/mol. The van der Waals surface area contributed by atoms with Gasteiger partial charge in [0, 0.05) is 5.92 Å². The SMILES string of the molecule is [B][P+](C1=CC2C=CC1C2)(c1ccccc1)c1ccccc1. The van der Waals surface area contributed by atoms with E-state index in [1.165, 1.54) is 22.3 Å². The summed E-state index contributed by atoms with van der Waals surface area (Å²) in [6.07, 6.45) is 8.33. The first-order valence-electron chi connectivity index (χ1n) is 7.48. The Kier molecular flexibility index (Phi) is 3.12. The Morgan fingerprint density at radius 2 is 1.38 bits per heavy atom. The van der Waals surface area contributed by atoms with Gasteiger partial charge in [-0.05, 0) is 42.7 Å². The van der Waals surface area contributed by atoms with Crippen LogP contribution in [0.25, 0.3) is 0 Å². The summed E-state index contributed by atoms with van der Waals surface area (Å²) in [5.41, 5.74) is 0. The summed E-state index contributed by atoms with van der Waals surface area (Å²) < 4.78 is 0. The molecule has 2 aliphatic carbocycles. The summed E-state index contributed by atoms with van der Waals surface area (Å²) in [5.74, 6) is 1.13. The maximum atomic E-state index is 7.14. The largest absolute Gasteiger partial charge is 0.383 e. The van der Waals surface area contributed by atoms with Crippen molar-refractivity contribution in [3.63, 3.8) is 0 Å². The van der Waals surface area contributed by atoms with Gasteiger partial charge in [-0.2, -0.15) is 0 Å². The first-order chi connectivity index (χ1) is 10.3. The molecule has 0 fully saturated rings.